The van der Waals surface area contributed by atoms with Crippen LogP contribution < -0.4 is 0 Å². The second kappa shape index (κ2) is 14.2. The van der Waals surface area contributed by atoms with Gasteiger partial charge in [-0.2, -0.15) is 0 Å². The molecule has 6 nitrogen and oxygen atoms in total. The lowest BCUT2D eigenvalue weighted by Gasteiger charge is -2.21. The van der Waals surface area contributed by atoms with Gasteiger partial charge in [0.15, 0.2) is 11.6 Å². The molecule has 2 N–H and O–H groups in total. The van der Waals surface area contributed by atoms with Gasteiger partial charge in [-0.3, -0.25) is 9.59 Å². The zero-order valence-corrected chi connectivity index (χ0v) is 32.6. The number of ketones is 2. The topological polar surface area (TPSA) is 91.5 Å². The molecule has 0 atom stereocenters. The van der Waals surface area contributed by atoms with Gasteiger partial charge >= 0.3 is 0 Å². The molecule has 3 aromatic heterocycles. The van der Waals surface area contributed by atoms with E-state index in [1.807, 2.05) is 108 Å². The fraction of sp³-hybridized carbons (Fsp3) is 0.160. The van der Waals surface area contributed by atoms with E-state index in [1.165, 1.54) is 6.08 Å². The molecule has 6 aromatic rings. The summed E-state index contributed by atoms with van der Waals surface area (Å²) in [6, 6.07) is 39.2. The van der Waals surface area contributed by atoms with Crippen LogP contribution in [0.25, 0.3) is 85.3 Å². The molecule has 8 rings (SSSR count). The lowest BCUT2D eigenvalue weighted by atomic mass is 9.80. The molecule has 0 spiro atoms. The lowest BCUT2D eigenvalue weighted by molar-refractivity contribution is -0.122. The van der Waals surface area contributed by atoms with E-state index in [2.05, 4.69) is 82.8 Å². The highest BCUT2D eigenvalue weighted by molar-refractivity contribution is 6.28. The van der Waals surface area contributed by atoms with Crippen molar-refractivity contribution >= 4 is 63.5 Å². The number of hydrogen-bond acceptors (Lipinski definition) is 4. The van der Waals surface area contributed by atoms with E-state index < -0.39 is 10.8 Å². The summed E-state index contributed by atoms with van der Waals surface area (Å²) in [6.07, 6.45) is 9.38. The Labute approximate surface area is 327 Å². The van der Waals surface area contributed by atoms with Crippen LogP contribution in [0.2, 0.25) is 0 Å². The van der Waals surface area contributed by atoms with Crippen molar-refractivity contribution in [2.75, 3.05) is 0 Å². The summed E-state index contributed by atoms with van der Waals surface area (Å²) >= 11 is 0. The summed E-state index contributed by atoms with van der Waals surface area (Å²) in [7, 11) is 0. The molecule has 5 heterocycles. The number of nitrogens with one attached hydrogen (secondary N) is 2. The van der Waals surface area contributed by atoms with Crippen LogP contribution in [0.3, 0.4) is 0 Å². The van der Waals surface area contributed by atoms with Gasteiger partial charge in [0.1, 0.15) is 0 Å². The number of aromatic amines is 2. The second-order valence-corrected chi connectivity index (χ2v) is 16.4. The quantitative estimate of drug-likeness (QED) is 0.167. The van der Waals surface area contributed by atoms with Crippen molar-refractivity contribution < 1.29 is 9.59 Å². The number of nitrogens with zero attached hydrogens (tertiary/aromatic N) is 2. The molecule has 6 heteroatoms. The molecular formula is C50H44N4O2. The Balaban J connectivity index is 1.59. The molecule has 0 aliphatic carbocycles. The third-order valence-electron chi connectivity index (χ3n) is 10.2. The SMILES string of the molecule is CC(C)(C)C(=O)C=C(C(=O)C(C)(C)C)c1c2nc(c(-c3ccccc3)c3ccc([nH]3)c(-c3ccccc3)c3ccc([nH]3)c(-c3ccccc3)c3nc1C=C3)C=C2. The van der Waals surface area contributed by atoms with Gasteiger partial charge < -0.3 is 9.97 Å². The molecule has 56 heavy (non-hydrogen) atoms. The summed E-state index contributed by atoms with van der Waals surface area (Å²) < 4.78 is 0. The minimum absolute atomic E-state index is 0.153. The van der Waals surface area contributed by atoms with Crippen LogP contribution in [0.4, 0.5) is 0 Å². The molecular weight excluding hydrogens is 689 g/mol. The minimum Gasteiger partial charge on any atom is -0.354 e. The number of hydrogen-bond donors (Lipinski definition) is 2. The Morgan fingerprint density at radius 2 is 0.821 bits per heavy atom. The van der Waals surface area contributed by atoms with Gasteiger partial charge in [0.05, 0.1) is 22.8 Å². The van der Waals surface area contributed by atoms with Crippen molar-refractivity contribution in [2.45, 2.75) is 41.5 Å². The molecule has 276 valence electrons. The first-order valence-corrected chi connectivity index (χ1v) is 19.0. The first-order valence-electron chi connectivity index (χ1n) is 19.0. The predicted molar refractivity (Wildman–Crippen MR) is 232 cm³/mol. The lowest BCUT2D eigenvalue weighted by Crippen LogP contribution is -2.25. The monoisotopic (exact) mass is 732 g/mol. The Hall–Kier alpha value is -6.66. The average molecular weight is 733 g/mol. The van der Waals surface area contributed by atoms with Crippen molar-refractivity contribution in [3.05, 3.63) is 150 Å². The molecule has 2 aliphatic heterocycles. The van der Waals surface area contributed by atoms with Gasteiger partial charge in [-0.25, -0.2) is 9.97 Å². The van der Waals surface area contributed by atoms with Crippen LogP contribution in [-0.4, -0.2) is 31.5 Å². The summed E-state index contributed by atoms with van der Waals surface area (Å²) in [4.78, 5) is 46.6. The molecule has 3 aromatic carbocycles. The summed E-state index contributed by atoms with van der Waals surface area (Å²) in [5, 5.41) is 0. The highest BCUT2D eigenvalue weighted by Gasteiger charge is 2.32. The van der Waals surface area contributed by atoms with Gasteiger partial charge in [0, 0.05) is 60.7 Å². The maximum absolute atomic E-state index is 14.6. The molecule has 0 radical (unpaired) electrons. The van der Waals surface area contributed by atoms with Crippen molar-refractivity contribution in [1.29, 1.82) is 0 Å². The van der Waals surface area contributed by atoms with Crippen LogP contribution in [0.1, 0.15) is 69.9 Å². The first-order chi connectivity index (χ1) is 26.9. The van der Waals surface area contributed by atoms with Crippen LogP contribution in [0.15, 0.2) is 121 Å². The van der Waals surface area contributed by atoms with Crippen molar-refractivity contribution in [1.82, 2.24) is 19.9 Å². The molecule has 0 unspecified atom stereocenters. The Kier molecular flexibility index (Phi) is 9.21. The largest absolute Gasteiger partial charge is 0.354 e. The maximum atomic E-state index is 14.6. The Morgan fingerprint density at radius 3 is 1.20 bits per heavy atom. The third kappa shape index (κ3) is 6.90. The number of allylic oxidation sites excluding steroid dienone is 2. The molecule has 0 amide bonds. The smallest absolute Gasteiger partial charge is 0.169 e. The van der Waals surface area contributed by atoms with E-state index in [0.717, 1.165) is 66.8 Å². The number of benzene rings is 3. The highest BCUT2D eigenvalue weighted by Crippen LogP contribution is 2.39. The van der Waals surface area contributed by atoms with Gasteiger partial charge in [-0.15, -0.1) is 0 Å². The Bertz CT molecular complexity index is 2630. The molecule has 0 saturated carbocycles. The van der Waals surface area contributed by atoms with E-state index in [0.29, 0.717) is 22.5 Å². The van der Waals surface area contributed by atoms with Gasteiger partial charge in [0.25, 0.3) is 0 Å². The summed E-state index contributed by atoms with van der Waals surface area (Å²) in [6.45, 7) is 11.2. The summed E-state index contributed by atoms with van der Waals surface area (Å²) in [5.41, 5.74) is 11.4. The van der Waals surface area contributed by atoms with E-state index in [-0.39, 0.29) is 11.6 Å². The van der Waals surface area contributed by atoms with Crippen LogP contribution >= 0.6 is 0 Å². The number of rotatable bonds is 6. The van der Waals surface area contributed by atoms with Crippen molar-refractivity contribution in [2.24, 2.45) is 10.8 Å². The second-order valence-electron chi connectivity index (χ2n) is 16.4. The van der Waals surface area contributed by atoms with Crippen molar-refractivity contribution in [3.8, 4) is 33.4 Å². The standard InChI is InChI=1S/C50H44N4O2/c1-49(2,3)43(55)30-34(48(56)50(4,5)6)47-41-28-26-39(53-41)45(32-18-12-8-13-19-32)37-24-22-35(51-37)44(31-16-10-7-11-17-31)36-23-25-38(52-36)46(33-20-14-9-15-21-33)40-27-29-42(47)54-40/h7-30,51-52H,1-6H3. The van der Waals surface area contributed by atoms with Crippen LogP contribution in [-0.2, 0) is 9.59 Å². The number of carbonyl (C=O) groups excluding carboxylic acids is 2. The number of fused-ring (bicyclic) bond motifs is 8. The predicted octanol–water partition coefficient (Wildman–Crippen LogP) is 12.3. The third-order valence-corrected chi connectivity index (χ3v) is 10.2. The van der Waals surface area contributed by atoms with E-state index in [9.17, 15) is 9.59 Å². The van der Waals surface area contributed by atoms with E-state index >= 15 is 0 Å². The molecule has 8 bridgehead atoms. The molecule has 0 saturated heterocycles. The van der Waals surface area contributed by atoms with Crippen LogP contribution in [0, 0.1) is 10.8 Å². The number of Topliss-reactive ketones (excluding diaryl/α,β-unsaturated/α-hetero) is 1. The average Bonchev–Trinajstić information content (AvgIpc) is 4.02. The van der Waals surface area contributed by atoms with E-state index in [4.69, 9.17) is 9.97 Å². The van der Waals surface area contributed by atoms with Crippen molar-refractivity contribution in [3.63, 3.8) is 0 Å². The molecule has 2 aliphatic rings. The van der Waals surface area contributed by atoms with Gasteiger partial charge in [0.2, 0.25) is 0 Å². The summed E-state index contributed by atoms with van der Waals surface area (Å²) in [5.74, 6) is -0.320. The van der Waals surface area contributed by atoms with Crippen LogP contribution in [0.5, 0.6) is 0 Å². The Morgan fingerprint density at radius 1 is 0.464 bits per heavy atom. The number of H-pyrrole nitrogens is 2. The maximum Gasteiger partial charge on any atom is 0.169 e. The number of aromatic nitrogens is 4. The fourth-order valence-corrected chi connectivity index (χ4v) is 7.22. The number of carbonyl (C=O) groups is 2. The molecule has 0 fully saturated rings. The minimum atomic E-state index is -0.798. The first kappa shape index (κ1) is 36.3. The fourth-order valence-electron chi connectivity index (χ4n) is 7.22. The zero-order valence-electron chi connectivity index (χ0n) is 32.6. The normalized spacial score (nSPS) is 12.9. The van der Waals surface area contributed by atoms with E-state index in [1.54, 1.807) is 0 Å². The van der Waals surface area contributed by atoms with Gasteiger partial charge in [-0.1, -0.05) is 133 Å². The van der Waals surface area contributed by atoms with Gasteiger partial charge in [-0.05, 0) is 71.3 Å². The highest BCUT2D eigenvalue weighted by atomic mass is 16.1. The zero-order chi connectivity index (χ0) is 39.2.